The van der Waals surface area contributed by atoms with Gasteiger partial charge in [0.15, 0.2) is 5.17 Å². The third kappa shape index (κ3) is 2.71. The molecule has 4 rings (SSSR count). The zero-order valence-corrected chi connectivity index (χ0v) is 15.5. The van der Waals surface area contributed by atoms with Crippen LogP contribution in [0.4, 0.5) is 0 Å². The van der Waals surface area contributed by atoms with E-state index in [4.69, 9.17) is 4.99 Å². The van der Waals surface area contributed by atoms with Gasteiger partial charge in [0.1, 0.15) is 11.8 Å². The van der Waals surface area contributed by atoms with Crippen molar-refractivity contribution >= 4 is 39.5 Å². The highest BCUT2D eigenvalue weighted by Gasteiger charge is 2.43. The summed E-state index contributed by atoms with van der Waals surface area (Å²) in [5.74, 6) is 0.326. The van der Waals surface area contributed by atoms with Gasteiger partial charge in [0, 0.05) is 18.0 Å². The number of amidine groups is 1. The third-order valence-electron chi connectivity index (χ3n) is 4.19. The molecule has 0 aliphatic carbocycles. The van der Waals surface area contributed by atoms with Crippen LogP contribution in [0.2, 0.25) is 0 Å². The van der Waals surface area contributed by atoms with Gasteiger partial charge in [-0.25, -0.2) is 0 Å². The van der Waals surface area contributed by atoms with Crippen LogP contribution in [0.3, 0.4) is 0 Å². The maximum atomic E-state index is 9.83. The Bertz CT molecular complexity index is 768. The number of phenols is 1. The van der Waals surface area contributed by atoms with Crippen LogP contribution in [-0.4, -0.2) is 32.0 Å². The molecule has 2 aromatic rings. The van der Waals surface area contributed by atoms with Crippen molar-refractivity contribution in [2.45, 2.75) is 24.3 Å². The van der Waals surface area contributed by atoms with Gasteiger partial charge in [0.2, 0.25) is 0 Å². The summed E-state index contributed by atoms with van der Waals surface area (Å²) in [4.78, 5) is 11.9. The molecular formula is C17H16IN3OS. The summed E-state index contributed by atoms with van der Waals surface area (Å²) in [5.41, 5.74) is 2.17. The van der Waals surface area contributed by atoms with Gasteiger partial charge < -0.3 is 10.0 Å². The number of fused-ring (bicyclic) bond motifs is 1. The SMILES string of the molecule is C[C@@H]1CN2C(=N[C@H](c3ccccn3)[C@H]2c2ccc(O)c(I)c2)S1. The number of aliphatic imine (C=N–C) groups is 1. The number of hydrogen-bond acceptors (Lipinski definition) is 5. The van der Waals surface area contributed by atoms with Crippen molar-refractivity contribution in [3.8, 4) is 5.75 Å². The summed E-state index contributed by atoms with van der Waals surface area (Å²) in [6, 6.07) is 12.0. The first-order chi connectivity index (χ1) is 11.1. The normalized spacial score (nSPS) is 26.3. The minimum Gasteiger partial charge on any atom is -0.507 e. The van der Waals surface area contributed by atoms with Gasteiger partial charge in [-0.2, -0.15) is 0 Å². The molecule has 1 saturated heterocycles. The molecule has 3 heterocycles. The third-order valence-corrected chi connectivity index (χ3v) is 6.16. The molecule has 118 valence electrons. The Kier molecular flexibility index (Phi) is 3.96. The molecule has 23 heavy (non-hydrogen) atoms. The highest BCUT2D eigenvalue weighted by molar-refractivity contribution is 14.1. The molecule has 6 heteroatoms. The van der Waals surface area contributed by atoms with E-state index in [1.807, 2.05) is 42.2 Å². The smallest absolute Gasteiger partial charge is 0.160 e. The predicted octanol–water partition coefficient (Wildman–Crippen LogP) is 3.98. The summed E-state index contributed by atoms with van der Waals surface area (Å²) in [6.45, 7) is 3.23. The first-order valence-corrected chi connectivity index (χ1v) is 9.50. The lowest BCUT2D eigenvalue weighted by Crippen LogP contribution is -2.28. The molecule has 2 aliphatic rings. The van der Waals surface area contributed by atoms with Gasteiger partial charge >= 0.3 is 0 Å². The van der Waals surface area contributed by atoms with Crippen LogP contribution >= 0.6 is 34.4 Å². The maximum Gasteiger partial charge on any atom is 0.160 e. The van der Waals surface area contributed by atoms with Crippen molar-refractivity contribution < 1.29 is 5.11 Å². The van der Waals surface area contributed by atoms with Crippen molar-refractivity contribution in [1.82, 2.24) is 9.88 Å². The molecule has 1 N–H and O–H groups in total. The van der Waals surface area contributed by atoms with Crippen LogP contribution in [0.15, 0.2) is 47.6 Å². The molecular weight excluding hydrogens is 421 g/mol. The Hall–Kier alpha value is -1.28. The molecule has 3 atom stereocenters. The van der Waals surface area contributed by atoms with Crippen molar-refractivity contribution in [1.29, 1.82) is 0 Å². The molecule has 0 spiro atoms. The first kappa shape index (κ1) is 15.3. The monoisotopic (exact) mass is 437 g/mol. The largest absolute Gasteiger partial charge is 0.507 e. The molecule has 2 aliphatic heterocycles. The van der Waals surface area contributed by atoms with Crippen LogP contribution < -0.4 is 0 Å². The number of phenolic OH excluding ortho intramolecular Hbond substituents is 1. The molecule has 1 aromatic carbocycles. The van der Waals surface area contributed by atoms with Crippen molar-refractivity contribution in [3.63, 3.8) is 0 Å². The predicted molar refractivity (Wildman–Crippen MR) is 102 cm³/mol. The lowest BCUT2D eigenvalue weighted by Gasteiger charge is -2.27. The Labute approximate surface area is 153 Å². The molecule has 1 fully saturated rings. The van der Waals surface area contributed by atoms with E-state index in [0.717, 1.165) is 21.0 Å². The van der Waals surface area contributed by atoms with E-state index >= 15 is 0 Å². The summed E-state index contributed by atoms with van der Waals surface area (Å²) >= 11 is 4.01. The Morgan fingerprint density at radius 2 is 2.17 bits per heavy atom. The summed E-state index contributed by atoms with van der Waals surface area (Å²) in [6.07, 6.45) is 1.83. The lowest BCUT2D eigenvalue weighted by molar-refractivity contribution is 0.321. The quantitative estimate of drug-likeness (QED) is 0.723. The van der Waals surface area contributed by atoms with Gasteiger partial charge in [-0.1, -0.05) is 30.8 Å². The van der Waals surface area contributed by atoms with Gasteiger partial charge in [-0.3, -0.25) is 9.98 Å². The fraction of sp³-hybridized carbons (Fsp3) is 0.294. The highest BCUT2D eigenvalue weighted by Crippen LogP contribution is 2.47. The number of rotatable bonds is 2. The molecule has 0 saturated carbocycles. The van der Waals surface area contributed by atoms with Crippen LogP contribution in [-0.2, 0) is 0 Å². The lowest BCUT2D eigenvalue weighted by atomic mass is 9.96. The number of aromatic nitrogens is 1. The van der Waals surface area contributed by atoms with Crippen LogP contribution in [0.1, 0.15) is 30.3 Å². The second kappa shape index (κ2) is 5.98. The molecule has 0 amide bonds. The Balaban J connectivity index is 1.79. The van der Waals surface area contributed by atoms with E-state index in [9.17, 15) is 5.11 Å². The Morgan fingerprint density at radius 3 is 2.91 bits per heavy atom. The topological polar surface area (TPSA) is 48.7 Å². The molecule has 4 nitrogen and oxygen atoms in total. The van der Waals surface area contributed by atoms with Crippen molar-refractivity contribution in [2.24, 2.45) is 4.99 Å². The summed E-state index contributed by atoms with van der Waals surface area (Å²) in [7, 11) is 0. The van der Waals surface area contributed by atoms with Gasteiger partial charge in [0.25, 0.3) is 0 Å². The van der Waals surface area contributed by atoms with Crippen molar-refractivity contribution in [2.75, 3.05) is 6.54 Å². The molecule has 0 bridgehead atoms. The van der Waals surface area contributed by atoms with Crippen LogP contribution in [0, 0.1) is 3.57 Å². The summed E-state index contributed by atoms with van der Waals surface area (Å²) in [5, 5.41) is 11.5. The number of pyridine rings is 1. The summed E-state index contributed by atoms with van der Waals surface area (Å²) < 4.78 is 0.869. The number of halogens is 1. The van der Waals surface area contributed by atoms with Gasteiger partial charge in [-0.05, 0) is 52.4 Å². The highest BCUT2D eigenvalue weighted by atomic mass is 127. The van der Waals surface area contributed by atoms with Crippen LogP contribution in [0.5, 0.6) is 5.75 Å². The zero-order valence-electron chi connectivity index (χ0n) is 12.6. The van der Waals surface area contributed by atoms with E-state index in [1.165, 1.54) is 5.56 Å². The minimum absolute atomic E-state index is 0.00606. The number of thioether (sulfide) groups is 1. The van der Waals surface area contributed by atoms with Gasteiger partial charge in [0.05, 0.1) is 15.3 Å². The standard InChI is InChI=1S/C17H16IN3OS/c1-10-9-21-16(11-5-6-14(22)12(18)8-11)15(20-17(21)23-10)13-4-2-3-7-19-13/h2-8,10,15-16,22H,9H2,1H3/t10-,15-,16-/m1/s1. The fourth-order valence-electron chi connectivity index (χ4n) is 3.19. The average Bonchev–Trinajstić information content (AvgIpc) is 3.07. The minimum atomic E-state index is 0.00606. The number of hydrogen-bond donors (Lipinski definition) is 1. The van der Waals surface area contributed by atoms with Crippen LogP contribution in [0.25, 0.3) is 0 Å². The van der Waals surface area contributed by atoms with E-state index in [0.29, 0.717) is 11.0 Å². The maximum absolute atomic E-state index is 9.83. The van der Waals surface area contributed by atoms with E-state index in [-0.39, 0.29) is 12.1 Å². The second-order valence-electron chi connectivity index (χ2n) is 5.85. The number of aromatic hydroxyl groups is 1. The zero-order chi connectivity index (χ0) is 16.0. The van der Waals surface area contributed by atoms with E-state index in [2.05, 4.69) is 45.5 Å². The molecule has 1 aromatic heterocycles. The molecule has 0 unspecified atom stereocenters. The van der Waals surface area contributed by atoms with E-state index < -0.39 is 0 Å². The molecule has 0 radical (unpaired) electrons. The first-order valence-electron chi connectivity index (χ1n) is 7.54. The van der Waals surface area contributed by atoms with E-state index in [1.54, 1.807) is 6.07 Å². The average molecular weight is 437 g/mol. The Morgan fingerprint density at radius 1 is 1.30 bits per heavy atom. The van der Waals surface area contributed by atoms with Gasteiger partial charge in [-0.15, -0.1) is 0 Å². The second-order valence-corrected chi connectivity index (χ2v) is 8.42. The van der Waals surface area contributed by atoms with Crippen molar-refractivity contribution in [3.05, 3.63) is 57.4 Å². The number of benzene rings is 1. The fourth-order valence-corrected chi connectivity index (χ4v) is 4.82. The number of nitrogens with zero attached hydrogens (tertiary/aromatic N) is 3.